The lowest BCUT2D eigenvalue weighted by molar-refractivity contribution is -0.139. The normalized spacial score (nSPS) is 11.6. The summed E-state index contributed by atoms with van der Waals surface area (Å²) in [6.45, 7) is 3.70. The fourth-order valence-electron chi connectivity index (χ4n) is 1.82. The van der Waals surface area contributed by atoms with Crippen LogP contribution in [0.3, 0.4) is 0 Å². The summed E-state index contributed by atoms with van der Waals surface area (Å²) in [5, 5.41) is 12.7. The highest BCUT2D eigenvalue weighted by molar-refractivity contribution is 9.10. The van der Waals surface area contributed by atoms with Gasteiger partial charge in [-0.15, -0.1) is 0 Å². The highest BCUT2D eigenvalue weighted by atomic mass is 79.9. The lowest BCUT2D eigenvalue weighted by atomic mass is 9.86. The van der Waals surface area contributed by atoms with Crippen LogP contribution in [0.1, 0.15) is 26.2 Å². The Bertz CT molecular complexity index is 608. The Hall–Kier alpha value is -1.76. The lowest BCUT2D eigenvalue weighted by Crippen LogP contribution is -2.19. The van der Waals surface area contributed by atoms with Crippen LogP contribution in [0.5, 0.6) is 0 Å². The van der Waals surface area contributed by atoms with Gasteiger partial charge in [0.1, 0.15) is 5.69 Å². The Morgan fingerprint density at radius 2 is 2.20 bits per heavy atom. The molecule has 0 aliphatic carbocycles. The smallest absolute Gasteiger partial charge is 0.303 e. The Labute approximate surface area is 124 Å². The minimum Gasteiger partial charge on any atom is -0.481 e. The van der Waals surface area contributed by atoms with Crippen LogP contribution >= 0.6 is 15.9 Å². The molecule has 0 bridgehead atoms. The Morgan fingerprint density at radius 3 is 2.80 bits per heavy atom. The van der Waals surface area contributed by atoms with Crippen molar-refractivity contribution in [1.82, 2.24) is 15.1 Å². The summed E-state index contributed by atoms with van der Waals surface area (Å²) in [5.41, 5.74) is 0.169. The molecule has 2 heterocycles. The molecule has 0 saturated heterocycles. The fraction of sp³-hybridized carbons (Fsp3) is 0.385. The van der Waals surface area contributed by atoms with E-state index in [9.17, 15) is 4.79 Å². The molecule has 2 aromatic rings. The van der Waals surface area contributed by atoms with Crippen LogP contribution in [0, 0.1) is 5.41 Å². The first-order valence-corrected chi connectivity index (χ1v) is 6.81. The first-order chi connectivity index (χ1) is 9.35. The summed E-state index contributed by atoms with van der Waals surface area (Å²) >= 11 is 3.30. The van der Waals surface area contributed by atoms with Gasteiger partial charge in [0.25, 0.3) is 0 Å². The van der Waals surface area contributed by atoms with E-state index in [2.05, 4.69) is 31.1 Å². The number of aromatic nitrogens is 3. The van der Waals surface area contributed by atoms with Crippen LogP contribution in [0.4, 0.5) is 0 Å². The van der Waals surface area contributed by atoms with Gasteiger partial charge in [0.15, 0.2) is 0 Å². The zero-order valence-corrected chi connectivity index (χ0v) is 12.7. The Balaban J connectivity index is 2.13. The monoisotopic (exact) mass is 339 g/mol. The highest BCUT2D eigenvalue weighted by Gasteiger charge is 2.25. The molecule has 6 nitrogen and oxygen atoms in total. The number of hydrogen-bond donors (Lipinski definition) is 1. The number of halogens is 1. The number of hydrogen-bond acceptors (Lipinski definition) is 5. The van der Waals surface area contributed by atoms with Gasteiger partial charge >= 0.3 is 5.97 Å². The van der Waals surface area contributed by atoms with Gasteiger partial charge in [0.2, 0.25) is 11.7 Å². The second-order valence-corrected chi connectivity index (χ2v) is 6.20. The predicted octanol–water partition coefficient (Wildman–Crippen LogP) is 2.94. The number of carbonyl (C=O) groups is 1. The molecule has 0 radical (unpaired) electrons. The molecular formula is C13H14BrN3O3. The Morgan fingerprint density at radius 1 is 1.45 bits per heavy atom. The molecule has 1 N–H and O–H groups in total. The van der Waals surface area contributed by atoms with Crippen molar-refractivity contribution in [3.05, 3.63) is 28.7 Å². The van der Waals surface area contributed by atoms with Gasteiger partial charge in [-0.1, -0.05) is 19.0 Å². The topological polar surface area (TPSA) is 89.1 Å². The van der Waals surface area contributed by atoms with Crippen LogP contribution in [-0.4, -0.2) is 26.2 Å². The maximum atomic E-state index is 10.8. The van der Waals surface area contributed by atoms with Crippen molar-refractivity contribution in [2.75, 3.05) is 0 Å². The summed E-state index contributed by atoms with van der Waals surface area (Å²) in [6, 6.07) is 3.62. The third-order valence-electron chi connectivity index (χ3n) is 2.68. The van der Waals surface area contributed by atoms with Gasteiger partial charge < -0.3 is 9.63 Å². The van der Waals surface area contributed by atoms with Crippen molar-refractivity contribution < 1.29 is 14.4 Å². The summed E-state index contributed by atoms with van der Waals surface area (Å²) in [5.74, 6) is -0.0288. The summed E-state index contributed by atoms with van der Waals surface area (Å²) < 4.78 is 6.03. The van der Waals surface area contributed by atoms with Crippen LogP contribution < -0.4 is 0 Å². The van der Waals surface area contributed by atoms with Gasteiger partial charge in [-0.05, 0) is 33.5 Å². The number of carboxylic acids is 1. The number of nitrogens with zero attached hydrogens (tertiary/aromatic N) is 3. The van der Waals surface area contributed by atoms with E-state index in [-0.39, 0.29) is 6.42 Å². The molecule has 0 saturated carbocycles. The van der Waals surface area contributed by atoms with E-state index in [1.165, 1.54) is 0 Å². The molecule has 0 aliphatic heterocycles. The van der Waals surface area contributed by atoms with Gasteiger partial charge in [0.05, 0.1) is 6.42 Å². The van der Waals surface area contributed by atoms with Gasteiger partial charge in [-0.2, -0.15) is 4.98 Å². The standard InChI is InChI=1S/C13H14BrN3O3/c1-13(2,6-11(18)19)5-10-16-12(17-20-10)9-4-3-8(14)7-15-9/h3-4,7H,5-6H2,1-2H3,(H,18,19). The molecule has 0 aromatic carbocycles. The molecule has 0 fully saturated rings. The van der Waals surface area contributed by atoms with Crippen molar-refractivity contribution in [1.29, 1.82) is 0 Å². The van der Waals surface area contributed by atoms with E-state index in [4.69, 9.17) is 9.63 Å². The predicted molar refractivity (Wildman–Crippen MR) is 75.0 cm³/mol. The first-order valence-electron chi connectivity index (χ1n) is 6.02. The second-order valence-electron chi connectivity index (χ2n) is 5.28. The van der Waals surface area contributed by atoms with Crippen molar-refractivity contribution in [2.45, 2.75) is 26.7 Å². The molecule has 0 atom stereocenters. The van der Waals surface area contributed by atoms with E-state index in [1.54, 1.807) is 12.3 Å². The third-order valence-corrected chi connectivity index (χ3v) is 3.15. The largest absolute Gasteiger partial charge is 0.481 e. The van der Waals surface area contributed by atoms with E-state index in [1.807, 2.05) is 19.9 Å². The number of carboxylic acid groups (broad SMARTS) is 1. The molecule has 106 valence electrons. The van der Waals surface area contributed by atoms with Gasteiger partial charge in [0, 0.05) is 17.1 Å². The third kappa shape index (κ3) is 3.86. The minimum atomic E-state index is -0.843. The summed E-state index contributed by atoms with van der Waals surface area (Å²) in [4.78, 5) is 19.2. The fourth-order valence-corrected chi connectivity index (χ4v) is 2.05. The van der Waals surface area contributed by atoms with Crippen molar-refractivity contribution in [3.63, 3.8) is 0 Å². The summed E-state index contributed by atoms with van der Waals surface area (Å²) in [7, 11) is 0. The Kier molecular flexibility index (Phi) is 4.17. The van der Waals surface area contributed by atoms with E-state index in [0.717, 1.165) is 4.47 Å². The second kappa shape index (κ2) is 5.70. The SMILES string of the molecule is CC(C)(CC(=O)O)Cc1nc(-c2ccc(Br)cn2)no1. The maximum Gasteiger partial charge on any atom is 0.303 e. The maximum absolute atomic E-state index is 10.8. The number of rotatable bonds is 5. The van der Waals surface area contributed by atoms with E-state index in [0.29, 0.717) is 23.8 Å². The van der Waals surface area contributed by atoms with E-state index >= 15 is 0 Å². The number of pyridine rings is 1. The molecule has 0 unspecified atom stereocenters. The van der Waals surface area contributed by atoms with E-state index < -0.39 is 11.4 Å². The quantitative estimate of drug-likeness (QED) is 0.900. The average Bonchev–Trinajstić information content (AvgIpc) is 2.75. The van der Waals surface area contributed by atoms with Crippen LogP contribution in [0.2, 0.25) is 0 Å². The first kappa shape index (κ1) is 14.6. The average molecular weight is 340 g/mol. The highest BCUT2D eigenvalue weighted by Crippen LogP contribution is 2.26. The van der Waals surface area contributed by atoms with Crippen molar-refractivity contribution >= 4 is 21.9 Å². The zero-order valence-electron chi connectivity index (χ0n) is 11.1. The molecular weight excluding hydrogens is 326 g/mol. The minimum absolute atomic E-state index is 0.0429. The summed E-state index contributed by atoms with van der Waals surface area (Å²) in [6.07, 6.45) is 2.10. The van der Waals surface area contributed by atoms with Crippen molar-refractivity contribution in [2.24, 2.45) is 5.41 Å². The molecule has 0 amide bonds. The van der Waals surface area contributed by atoms with Crippen molar-refractivity contribution in [3.8, 4) is 11.5 Å². The van der Waals surface area contributed by atoms with Crippen LogP contribution in [0.25, 0.3) is 11.5 Å². The number of aliphatic carboxylic acids is 1. The zero-order chi connectivity index (χ0) is 14.8. The van der Waals surface area contributed by atoms with Crippen LogP contribution in [0.15, 0.2) is 27.3 Å². The molecule has 0 aliphatic rings. The molecule has 0 spiro atoms. The molecule has 20 heavy (non-hydrogen) atoms. The molecule has 2 rings (SSSR count). The van der Waals surface area contributed by atoms with Gasteiger partial charge in [-0.25, -0.2) is 0 Å². The lowest BCUT2D eigenvalue weighted by Gasteiger charge is -2.19. The molecule has 2 aromatic heterocycles. The van der Waals surface area contributed by atoms with Crippen LogP contribution in [-0.2, 0) is 11.2 Å². The van der Waals surface area contributed by atoms with Gasteiger partial charge in [-0.3, -0.25) is 9.78 Å². The molecule has 7 heteroatoms.